The van der Waals surface area contributed by atoms with Crippen LogP contribution < -0.4 is 10.9 Å². The summed E-state index contributed by atoms with van der Waals surface area (Å²) < 4.78 is 0. The predicted octanol–water partition coefficient (Wildman–Crippen LogP) is 1.15. The number of H-pyrrole nitrogens is 1. The molecular weight excluding hydrogens is 154 g/mol. The fourth-order valence-corrected chi connectivity index (χ4v) is 0.697. The molecule has 0 aromatic carbocycles. The van der Waals surface area contributed by atoms with Crippen LogP contribution in [-0.2, 0) is 0 Å². The van der Waals surface area contributed by atoms with Crippen molar-refractivity contribution in [3.63, 3.8) is 0 Å². The summed E-state index contributed by atoms with van der Waals surface area (Å²) in [6.07, 6.45) is 0. The molecule has 1 aromatic rings. The molecule has 1 heterocycles. The minimum absolute atomic E-state index is 0.128. The standard InChI is InChI=1S/C6H9N3O.C2H6/c1-4-3-5(10)9-6(7-2)8-4;1-2/h3H,1-2H3,(H2,7,8,9,10);1-2H3. The van der Waals surface area contributed by atoms with Crippen LogP contribution in [0.1, 0.15) is 19.5 Å². The molecule has 0 saturated heterocycles. The maximum absolute atomic E-state index is 10.7. The van der Waals surface area contributed by atoms with Crippen molar-refractivity contribution in [2.75, 3.05) is 12.4 Å². The largest absolute Gasteiger partial charge is 0.359 e. The van der Waals surface area contributed by atoms with Gasteiger partial charge in [-0.25, -0.2) is 4.98 Å². The first kappa shape index (κ1) is 10.7. The molecule has 4 nitrogen and oxygen atoms in total. The summed E-state index contributed by atoms with van der Waals surface area (Å²) >= 11 is 0. The van der Waals surface area contributed by atoms with Gasteiger partial charge in [0.05, 0.1) is 0 Å². The second-order valence-corrected chi connectivity index (χ2v) is 1.99. The summed E-state index contributed by atoms with van der Waals surface area (Å²) in [5.74, 6) is 0.505. The third-order valence-electron chi connectivity index (χ3n) is 1.11. The molecule has 1 aromatic heterocycles. The van der Waals surface area contributed by atoms with Gasteiger partial charge in [0.15, 0.2) is 0 Å². The van der Waals surface area contributed by atoms with E-state index in [1.807, 2.05) is 13.8 Å². The van der Waals surface area contributed by atoms with Crippen molar-refractivity contribution in [2.45, 2.75) is 20.8 Å². The molecule has 0 aliphatic carbocycles. The molecule has 0 bridgehead atoms. The number of aryl methyl sites for hydroxylation is 1. The molecule has 0 fully saturated rings. The van der Waals surface area contributed by atoms with Gasteiger partial charge in [0.1, 0.15) is 0 Å². The highest BCUT2D eigenvalue weighted by Gasteiger charge is 1.91. The van der Waals surface area contributed by atoms with Crippen LogP contribution in [-0.4, -0.2) is 17.0 Å². The number of nitrogens with one attached hydrogen (secondary N) is 2. The van der Waals surface area contributed by atoms with Crippen LogP contribution in [0.5, 0.6) is 0 Å². The zero-order chi connectivity index (χ0) is 9.56. The fourth-order valence-electron chi connectivity index (χ4n) is 0.697. The Labute approximate surface area is 72.0 Å². The summed E-state index contributed by atoms with van der Waals surface area (Å²) in [7, 11) is 1.71. The van der Waals surface area contributed by atoms with Crippen LogP contribution in [0.25, 0.3) is 0 Å². The molecule has 0 unspecified atom stereocenters. The number of nitrogens with zero attached hydrogens (tertiary/aromatic N) is 1. The first-order chi connectivity index (χ1) is 5.72. The van der Waals surface area contributed by atoms with Gasteiger partial charge in [-0.15, -0.1) is 0 Å². The predicted molar refractivity (Wildman–Crippen MR) is 50.5 cm³/mol. The molecule has 0 atom stereocenters. The Balaban J connectivity index is 0.000000561. The van der Waals surface area contributed by atoms with Crippen LogP contribution in [0.3, 0.4) is 0 Å². The third kappa shape index (κ3) is 3.18. The van der Waals surface area contributed by atoms with Gasteiger partial charge in [-0.05, 0) is 6.92 Å². The van der Waals surface area contributed by atoms with Gasteiger partial charge in [0.2, 0.25) is 5.95 Å². The molecule has 0 spiro atoms. The summed E-state index contributed by atoms with van der Waals surface area (Å²) in [6, 6.07) is 1.45. The van der Waals surface area contributed by atoms with Crippen molar-refractivity contribution in [1.82, 2.24) is 9.97 Å². The van der Waals surface area contributed by atoms with E-state index in [9.17, 15) is 4.79 Å². The summed E-state index contributed by atoms with van der Waals surface area (Å²) in [5.41, 5.74) is 0.588. The topological polar surface area (TPSA) is 57.8 Å². The molecule has 68 valence electrons. The molecule has 12 heavy (non-hydrogen) atoms. The smallest absolute Gasteiger partial charge is 0.252 e. The average molecular weight is 169 g/mol. The highest BCUT2D eigenvalue weighted by atomic mass is 16.1. The van der Waals surface area contributed by atoms with Gasteiger partial charge in [-0.2, -0.15) is 0 Å². The van der Waals surface area contributed by atoms with Crippen molar-refractivity contribution >= 4 is 5.95 Å². The van der Waals surface area contributed by atoms with Crippen LogP contribution in [0.4, 0.5) is 5.95 Å². The lowest BCUT2D eigenvalue weighted by molar-refractivity contribution is 1.06. The molecule has 0 radical (unpaired) electrons. The Morgan fingerprint density at radius 2 is 2.08 bits per heavy atom. The van der Waals surface area contributed by atoms with E-state index in [0.29, 0.717) is 11.6 Å². The SMILES string of the molecule is CC.CNc1nc(C)cc(=O)[nH]1. The number of hydrogen-bond acceptors (Lipinski definition) is 3. The van der Waals surface area contributed by atoms with Crippen LogP contribution in [0.2, 0.25) is 0 Å². The van der Waals surface area contributed by atoms with Crippen molar-refractivity contribution in [2.24, 2.45) is 0 Å². The van der Waals surface area contributed by atoms with Gasteiger partial charge in [-0.1, -0.05) is 13.8 Å². The van der Waals surface area contributed by atoms with Crippen molar-refractivity contribution < 1.29 is 0 Å². The number of aromatic amines is 1. The molecule has 4 heteroatoms. The normalized spacial score (nSPS) is 8.33. The second-order valence-electron chi connectivity index (χ2n) is 1.99. The van der Waals surface area contributed by atoms with E-state index >= 15 is 0 Å². The van der Waals surface area contributed by atoms with E-state index in [-0.39, 0.29) is 5.56 Å². The first-order valence-electron chi connectivity index (χ1n) is 3.98. The monoisotopic (exact) mass is 169 g/mol. The van der Waals surface area contributed by atoms with Crippen LogP contribution in [0, 0.1) is 6.92 Å². The van der Waals surface area contributed by atoms with E-state index in [1.165, 1.54) is 6.07 Å². The number of aromatic nitrogens is 2. The number of hydrogen-bond donors (Lipinski definition) is 2. The van der Waals surface area contributed by atoms with E-state index in [2.05, 4.69) is 15.3 Å². The average Bonchev–Trinajstić information content (AvgIpc) is 2.06. The Kier molecular flexibility index (Phi) is 4.76. The van der Waals surface area contributed by atoms with E-state index < -0.39 is 0 Å². The molecule has 1 rings (SSSR count). The van der Waals surface area contributed by atoms with Gasteiger partial charge in [0.25, 0.3) is 5.56 Å². The van der Waals surface area contributed by atoms with Crippen molar-refractivity contribution in [1.29, 1.82) is 0 Å². The van der Waals surface area contributed by atoms with Gasteiger partial charge in [-0.3, -0.25) is 9.78 Å². The van der Waals surface area contributed by atoms with Crippen LogP contribution in [0.15, 0.2) is 10.9 Å². The summed E-state index contributed by atoms with van der Waals surface area (Å²) in [6.45, 7) is 5.77. The Morgan fingerprint density at radius 1 is 1.50 bits per heavy atom. The molecular formula is C8H15N3O. The van der Waals surface area contributed by atoms with Gasteiger partial charge >= 0.3 is 0 Å². The molecule has 0 aliphatic rings. The number of rotatable bonds is 1. The van der Waals surface area contributed by atoms with E-state index in [4.69, 9.17) is 0 Å². The van der Waals surface area contributed by atoms with Crippen molar-refractivity contribution in [3.05, 3.63) is 22.1 Å². The van der Waals surface area contributed by atoms with Gasteiger partial charge in [0, 0.05) is 18.8 Å². The van der Waals surface area contributed by atoms with E-state index in [0.717, 1.165) is 0 Å². The zero-order valence-corrected chi connectivity index (χ0v) is 7.93. The lowest BCUT2D eigenvalue weighted by Gasteiger charge is -1.97. The Morgan fingerprint density at radius 3 is 2.50 bits per heavy atom. The second kappa shape index (κ2) is 5.35. The summed E-state index contributed by atoms with van der Waals surface area (Å²) in [5, 5.41) is 2.74. The highest BCUT2D eigenvalue weighted by molar-refractivity contribution is 5.22. The Hall–Kier alpha value is -1.32. The lowest BCUT2D eigenvalue weighted by atomic mass is 10.4. The minimum atomic E-state index is -0.128. The molecule has 0 saturated carbocycles. The maximum Gasteiger partial charge on any atom is 0.252 e. The minimum Gasteiger partial charge on any atom is -0.359 e. The van der Waals surface area contributed by atoms with Gasteiger partial charge < -0.3 is 5.32 Å². The lowest BCUT2D eigenvalue weighted by Crippen LogP contribution is -2.10. The van der Waals surface area contributed by atoms with E-state index in [1.54, 1.807) is 14.0 Å². The quantitative estimate of drug-likeness (QED) is 0.663. The van der Waals surface area contributed by atoms with Crippen molar-refractivity contribution in [3.8, 4) is 0 Å². The molecule has 2 N–H and O–H groups in total. The number of anilines is 1. The van der Waals surface area contributed by atoms with Crippen LogP contribution >= 0.6 is 0 Å². The highest BCUT2D eigenvalue weighted by Crippen LogP contribution is 1.91. The maximum atomic E-state index is 10.7. The Bertz CT molecular complexity index is 280. The fraction of sp³-hybridized carbons (Fsp3) is 0.500. The molecule has 0 aliphatic heterocycles. The first-order valence-corrected chi connectivity index (χ1v) is 3.98. The molecule has 0 amide bonds. The summed E-state index contributed by atoms with van der Waals surface area (Å²) in [4.78, 5) is 17.2. The zero-order valence-electron chi connectivity index (χ0n) is 7.93. The third-order valence-corrected chi connectivity index (χ3v) is 1.11.